The Labute approximate surface area is 89.0 Å². The second kappa shape index (κ2) is 4.69. The zero-order valence-electron chi connectivity index (χ0n) is 8.17. The van der Waals surface area contributed by atoms with Crippen LogP contribution in [0.15, 0.2) is 0 Å². The van der Waals surface area contributed by atoms with Crippen LogP contribution in [-0.2, 0) is 9.59 Å². The van der Waals surface area contributed by atoms with Crippen molar-refractivity contribution < 1.29 is 27.9 Å². The quantitative estimate of drug-likeness (QED) is 0.628. The molecule has 1 aliphatic rings. The average Bonchev–Trinajstić information content (AvgIpc) is 2.17. The third-order valence-corrected chi connectivity index (χ3v) is 2.31. The number of carbonyl (C=O) groups excluding carboxylic acids is 1. The molecule has 1 saturated heterocycles. The summed E-state index contributed by atoms with van der Waals surface area (Å²) in [5.41, 5.74) is 0. The second-order valence-corrected chi connectivity index (χ2v) is 3.54. The van der Waals surface area contributed by atoms with Crippen LogP contribution < -0.4 is 10.6 Å². The summed E-state index contributed by atoms with van der Waals surface area (Å²) in [4.78, 5) is 21.1. The lowest BCUT2D eigenvalue weighted by atomic mass is 10.0. The highest BCUT2D eigenvalue weighted by molar-refractivity contribution is 5.82. The summed E-state index contributed by atoms with van der Waals surface area (Å²) in [5.74, 6) is -3.03. The van der Waals surface area contributed by atoms with Gasteiger partial charge in [0.1, 0.15) is 6.04 Å². The van der Waals surface area contributed by atoms with Crippen molar-refractivity contribution in [3.8, 4) is 0 Å². The topological polar surface area (TPSA) is 78.4 Å². The van der Waals surface area contributed by atoms with Gasteiger partial charge in [-0.1, -0.05) is 0 Å². The molecule has 1 amide bonds. The van der Waals surface area contributed by atoms with E-state index in [9.17, 15) is 22.8 Å². The van der Waals surface area contributed by atoms with Gasteiger partial charge in [0.05, 0.1) is 0 Å². The van der Waals surface area contributed by atoms with E-state index < -0.39 is 30.1 Å². The van der Waals surface area contributed by atoms with Gasteiger partial charge in [0.2, 0.25) is 0 Å². The predicted octanol–water partition coefficient (Wildman–Crippen LogP) is -0.130. The van der Waals surface area contributed by atoms with Gasteiger partial charge in [0.15, 0.2) is 0 Å². The Bertz CT molecular complexity index is 285. The highest BCUT2D eigenvalue weighted by Crippen LogP contribution is 2.16. The van der Waals surface area contributed by atoms with E-state index in [-0.39, 0.29) is 19.4 Å². The number of amides is 1. The summed E-state index contributed by atoms with van der Waals surface area (Å²) in [6, 6.07) is -1.43. The number of rotatable bonds is 2. The summed E-state index contributed by atoms with van der Waals surface area (Å²) < 4.78 is 35.6. The fourth-order valence-corrected chi connectivity index (χ4v) is 1.46. The predicted molar refractivity (Wildman–Crippen MR) is 46.6 cm³/mol. The molecule has 0 radical (unpaired) electrons. The van der Waals surface area contributed by atoms with Crippen molar-refractivity contribution >= 4 is 11.9 Å². The molecule has 2 atom stereocenters. The third-order valence-electron chi connectivity index (χ3n) is 2.31. The number of hydrogen-bond donors (Lipinski definition) is 3. The van der Waals surface area contributed by atoms with Crippen molar-refractivity contribution in [3.05, 3.63) is 0 Å². The first-order valence-corrected chi connectivity index (χ1v) is 4.64. The minimum absolute atomic E-state index is 0.0266. The summed E-state index contributed by atoms with van der Waals surface area (Å²) in [6.45, 7) is 0.0266. The second-order valence-electron chi connectivity index (χ2n) is 3.54. The number of halogens is 3. The lowest BCUT2D eigenvalue weighted by molar-refractivity contribution is -0.174. The molecular formula is C8H11F3N2O3. The van der Waals surface area contributed by atoms with Crippen LogP contribution in [0.2, 0.25) is 0 Å². The standard InChI is InChI=1S/C8H11F3N2O3/c9-8(10,11)7(16)13-4-1-2-5(6(14)15)12-3-4/h4-5,12H,1-3H2,(H,13,16)(H,14,15). The molecule has 0 saturated carbocycles. The molecule has 8 heteroatoms. The Morgan fingerprint density at radius 1 is 1.31 bits per heavy atom. The van der Waals surface area contributed by atoms with Gasteiger partial charge >= 0.3 is 18.1 Å². The lowest BCUT2D eigenvalue weighted by Crippen LogP contribution is -2.54. The molecule has 0 aromatic rings. The van der Waals surface area contributed by atoms with Crippen LogP contribution in [-0.4, -0.2) is 41.8 Å². The molecule has 0 bridgehead atoms. The van der Waals surface area contributed by atoms with E-state index >= 15 is 0 Å². The molecule has 0 spiro atoms. The van der Waals surface area contributed by atoms with Gasteiger partial charge in [-0.05, 0) is 12.8 Å². The SMILES string of the molecule is O=C(O)C1CCC(NC(=O)C(F)(F)F)CN1. The number of nitrogens with one attached hydrogen (secondary N) is 2. The number of aliphatic carboxylic acids is 1. The number of carboxylic acid groups (broad SMARTS) is 1. The van der Waals surface area contributed by atoms with Crippen LogP contribution in [0.1, 0.15) is 12.8 Å². The van der Waals surface area contributed by atoms with E-state index in [4.69, 9.17) is 5.11 Å². The first kappa shape index (κ1) is 12.8. The lowest BCUT2D eigenvalue weighted by Gasteiger charge is -2.28. The van der Waals surface area contributed by atoms with Gasteiger partial charge in [0.25, 0.3) is 0 Å². The maximum Gasteiger partial charge on any atom is 0.471 e. The first-order chi connectivity index (χ1) is 7.30. The van der Waals surface area contributed by atoms with Crippen molar-refractivity contribution in [2.45, 2.75) is 31.1 Å². The highest BCUT2D eigenvalue weighted by Gasteiger charge is 2.40. The summed E-state index contributed by atoms with van der Waals surface area (Å²) in [5, 5.41) is 12.9. The first-order valence-electron chi connectivity index (χ1n) is 4.64. The number of hydrogen-bond acceptors (Lipinski definition) is 3. The largest absolute Gasteiger partial charge is 0.480 e. The molecule has 1 heterocycles. The van der Waals surface area contributed by atoms with E-state index in [0.717, 1.165) is 0 Å². The molecule has 1 fully saturated rings. The average molecular weight is 240 g/mol. The van der Waals surface area contributed by atoms with Crippen molar-refractivity contribution in [1.29, 1.82) is 0 Å². The van der Waals surface area contributed by atoms with E-state index in [1.165, 1.54) is 0 Å². The molecule has 1 rings (SSSR count). The highest BCUT2D eigenvalue weighted by atomic mass is 19.4. The number of alkyl halides is 3. The molecule has 0 aromatic carbocycles. The maximum absolute atomic E-state index is 11.9. The smallest absolute Gasteiger partial charge is 0.471 e. The number of carboxylic acids is 1. The van der Waals surface area contributed by atoms with Crippen molar-refractivity contribution in [2.75, 3.05) is 6.54 Å². The molecule has 2 unspecified atom stereocenters. The molecule has 0 aromatic heterocycles. The van der Waals surface area contributed by atoms with Gasteiger partial charge < -0.3 is 15.7 Å². The van der Waals surface area contributed by atoms with Crippen LogP contribution in [0.3, 0.4) is 0 Å². The molecule has 1 aliphatic heterocycles. The Hall–Kier alpha value is -1.31. The van der Waals surface area contributed by atoms with Gasteiger partial charge in [-0.2, -0.15) is 13.2 Å². The monoisotopic (exact) mass is 240 g/mol. The van der Waals surface area contributed by atoms with E-state index in [1.807, 2.05) is 0 Å². The van der Waals surface area contributed by atoms with Crippen molar-refractivity contribution in [3.63, 3.8) is 0 Å². The molecule has 3 N–H and O–H groups in total. The fourth-order valence-electron chi connectivity index (χ4n) is 1.46. The molecule has 5 nitrogen and oxygen atoms in total. The zero-order valence-corrected chi connectivity index (χ0v) is 8.17. The summed E-state index contributed by atoms with van der Waals surface area (Å²) in [6.07, 6.45) is -4.49. The Kier molecular flexibility index (Phi) is 3.74. The van der Waals surface area contributed by atoms with E-state index in [1.54, 1.807) is 5.32 Å². The minimum atomic E-state index is -4.90. The Balaban J connectivity index is 2.38. The fraction of sp³-hybridized carbons (Fsp3) is 0.750. The normalized spacial score (nSPS) is 26.2. The van der Waals surface area contributed by atoms with Crippen molar-refractivity contribution in [2.24, 2.45) is 0 Å². The van der Waals surface area contributed by atoms with Crippen LogP contribution in [0.25, 0.3) is 0 Å². The van der Waals surface area contributed by atoms with E-state index in [0.29, 0.717) is 0 Å². The molecule has 92 valence electrons. The van der Waals surface area contributed by atoms with Gasteiger partial charge in [0, 0.05) is 12.6 Å². The van der Waals surface area contributed by atoms with Crippen LogP contribution in [0.5, 0.6) is 0 Å². The molecule has 0 aliphatic carbocycles. The van der Waals surface area contributed by atoms with E-state index in [2.05, 4.69) is 5.32 Å². The zero-order chi connectivity index (χ0) is 12.3. The minimum Gasteiger partial charge on any atom is -0.480 e. The van der Waals surface area contributed by atoms with Crippen LogP contribution in [0.4, 0.5) is 13.2 Å². The number of carbonyl (C=O) groups is 2. The van der Waals surface area contributed by atoms with Crippen LogP contribution >= 0.6 is 0 Å². The summed E-state index contributed by atoms with van der Waals surface area (Å²) in [7, 11) is 0. The van der Waals surface area contributed by atoms with Gasteiger partial charge in [-0.15, -0.1) is 0 Å². The number of piperidine rings is 1. The Morgan fingerprint density at radius 3 is 2.31 bits per heavy atom. The molecular weight excluding hydrogens is 229 g/mol. The van der Waals surface area contributed by atoms with Gasteiger partial charge in [-0.3, -0.25) is 9.59 Å². The third kappa shape index (κ3) is 3.37. The van der Waals surface area contributed by atoms with Crippen molar-refractivity contribution in [1.82, 2.24) is 10.6 Å². The summed E-state index contributed by atoms with van der Waals surface area (Å²) >= 11 is 0. The molecule has 16 heavy (non-hydrogen) atoms. The maximum atomic E-state index is 11.9. The van der Waals surface area contributed by atoms with Crippen LogP contribution in [0, 0.1) is 0 Å². The van der Waals surface area contributed by atoms with Gasteiger partial charge in [-0.25, -0.2) is 0 Å². The Morgan fingerprint density at radius 2 is 1.94 bits per heavy atom.